The van der Waals surface area contributed by atoms with Gasteiger partial charge in [0.2, 0.25) is 0 Å². The number of nitrogens with zero attached hydrogens (tertiary/aromatic N) is 2. The van der Waals surface area contributed by atoms with Crippen molar-refractivity contribution in [3.8, 4) is 11.5 Å². The van der Waals surface area contributed by atoms with Gasteiger partial charge in [-0.2, -0.15) is 0 Å². The maximum atomic E-state index is 13.4. The zero-order chi connectivity index (χ0) is 28.5. The Hall–Kier alpha value is -4.34. The number of rotatable bonds is 6. The molecule has 1 atom stereocenters. The van der Waals surface area contributed by atoms with E-state index in [1.54, 1.807) is 36.4 Å². The topological polar surface area (TPSA) is 89.0 Å². The number of carbonyl (C=O) groups is 2. The van der Waals surface area contributed by atoms with Crippen LogP contribution in [0.1, 0.15) is 50.6 Å². The van der Waals surface area contributed by atoms with Gasteiger partial charge in [0.1, 0.15) is 23.3 Å². The fourth-order valence-corrected chi connectivity index (χ4v) is 4.43. The van der Waals surface area contributed by atoms with Crippen LogP contribution >= 0.6 is 0 Å². The lowest BCUT2D eigenvalue weighted by Gasteiger charge is -2.25. The van der Waals surface area contributed by atoms with Crippen LogP contribution in [0.15, 0.2) is 72.4 Å². The molecule has 2 aromatic carbocycles. The molecule has 2 heterocycles. The van der Waals surface area contributed by atoms with E-state index in [-0.39, 0.29) is 22.4 Å². The Balaban J connectivity index is 1.87. The van der Waals surface area contributed by atoms with Gasteiger partial charge in [0.05, 0.1) is 17.9 Å². The molecule has 204 valence electrons. The molecule has 1 saturated heterocycles. The second kappa shape index (κ2) is 10.4. The molecule has 1 unspecified atom stereocenters. The third kappa shape index (κ3) is 5.74. The van der Waals surface area contributed by atoms with Crippen LogP contribution in [0.5, 0.6) is 11.5 Å². The predicted octanol–water partition coefficient (Wildman–Crippen LogP) is 6.30. The molecule has 1 fully saturated rings. The van der Waals surface area contributed by atoms with E-state index in [0.717, 1.165) is 22.6 Å². The molecule has 0 saturated carbocycles. The third-order valence-corrected chi connectivity index (χ3v) is 6.12. The summed E-state index contributed by atoms with van der Waals surface area (Å²) in [6, 6.07) is 13.3. The number of ether oxygens (including phenoxy) is 2. The molecule has 1 aromatic heterocycles. The maximum absolute atomic E-state index is 13.4. The van der Waals surface area contributed by atoms with Crippen molar-refractivity contribution in [2.24, 2.45) is 0 Å². The van der Waals surface area contributed by atoms with Crippen molar-refractivity contribution < 1.29 is 37.3 Å². The summed E-state index contributed by atoms with van der Waals surface area (Å²) >= 11 is 0. The molecule has 0 radical (unpaired) electrons. The lowest BCUT2D eigenvalue weighted by atomic mass is 9.84. The van der Waals surface area contributed by atoms with E-state index in [1.165, 1.54) is 18.3 Å². The molecule has 3 aromatic rings. The molecular formula is C29H27F3N2O5. The molecule has 1 aliphatic heterocycles. The van der Waals surface area contributed by atoms with Gasteiger partial charge in [-0.3, -0.25) is 19.5 Å². The van der Waals surface area contributed by atoms with Gasteiger partial charge in [-0.15, -0.1) is 13.2 Å². The van der Waals surface area contributed by atoms with Crippen molar-refractivity contribution in [1.82, 2.24) is 4.98 Å². The van der Waals surface area contributed by atoms with Gasteiger partial charge < -0.3 is 14.6 Å². The number of carbonyl (C=O) groups excluding carboxylic acids is 2. The Kier molecular flexibility index (Phi) is 7.41. The fourth-order valence-electron chi connectivity index (χ4n) is 4.43. The summed E-state index contributed by atoms with van der Waals surface area (Å²) in [4.78, 5) is 32.1. The van der Waals surface area contributed by atoms with E-state index in [1.807, 2.05) is 27.7 Å². The van der Waals surface area contributed by atoms with Crippen molar-refractivity contribution in [3.63, 3.8) is 0 Å². The minimum absolute atomic E-state index is 0.128. The number of halogens is 3. The second-order valence-electron chi connectivity index (χ2n) is 9.86. The highest BCUT2D eigenvalue weighted by Gasteiger charge is 2.47. The van der Waals surface area contributed by atoms with Crippen LogP contribution in [0.2, 0.25) is 0 Å². The normalized spacial score (nSPS) is 17.4. The highest BCUT2D eigenvalue weighted by Crippen LogP contribution is 2.43. The van der Waals surface area contributed by atoms with Crippen molar-refractivity contribution in [2.75, 3.05) is 11.5 Å². The molecule has 1 N–H and O–H groups in total. The average molecular weight is 541 g/mol. The SMILES string of the molecule is CCOc1ccc(/C(O)=C2/C(=O)C(=O)N(c3ccc(OC(F)(F)F)cc3)C2c2ccccn2)cc1C(C)(C)C. The first-order valence-electron chi connectivity index (χ1n) is 12.2. The average Bonchev–Trinajstić information content (AvgIpc) is 3.14. The third-order valence-electron chi connectivity index (χ3n) is 6.12. The highest BCUT2D eigenvalue weighted by atomic mass is 19.4. The lowest BCUT2D eigenvalue weighted by Crippen LogP contribution is -2.29. The number of pyridine rings is 1. The molecule has 10 heteroatoms. The molecule has 7 nitrogen and oxygen atoms in total. The second-order valence-corrected chi connectivity index (χ2v) is 9.86. The number of hydrogen-bond donors (Lipinski definition) is 1. The quantitative estimate of drug-likeness (QED) is 0.224. The van der Waals surface area contributed by atoms with Crippen LogP contribution in [0, 0.1) is 0 Å². The summed E-state index contributed by atoms with van der Waals surface area (Å²) in [6.07, 6.45) is -3.41. The predicted molar refractivity (Wildman–Crippen MR) is 138 cm³/mol. The number of hydrogen-bond acceptors (Lipinski definition) is 6. The molecule has 0 spiro atoms. The number of aliphatic hydroxyl groups is 1. The summed E-state index contributed by atoms with van der Waals surface area (Å²) in [7, 11) is 0. The van der Waals surface area contributed by atoms with E-state index >= 15 is 0 Å². The lowest BCUT2D eigenvalue weighted by molar-refractivity contribution is -0.274. The number of amides is 1. The molecule has 0 bridgehead atoms. The monoisotopic (exact) mass is 540 g/mol. The van der Waals surface area contributed by atoms with Crippen molar-refractivity contribution in [1.29, 1.82) is 0 Å². The number of anilines is 1. The summed E-state index contributed by atoms with van der Waals surface area (Å²) in [5.41, 5.74) is 0.944. The van der Waals surface area contributed by atoms with Crippen LogP contribution in [0.3, 0.4) is 0 Å². The van der Waals surface area contributed by atoms with Crippen LogP contribution in [-0.2, 0) is 15.0 Å². The largest absolute Gasteiger partial charge is 0.573 e. The smallest absolute Gasteiger partial charge is 0.507 e. The first kappa shape index (κ1) is 27.7. The van der Waals surface area contributed by atoms with Gasteiger partial charge in [-0.1, -0.05) is 26.8 Å². The Bertz CT molecular complexity index is 1410. The van der Waals surface area contributed by atoms with Crippen LogP contribution < -0.4 is 14.4 Å². The number of benzene rings is 2. The van der Waals surface area contributed by atoms with E-state index in [4.69, 9.17) is 4.74 Å². The Morgan fingerprint density at radius 3 is 2.28 bits per heavy atom. The van der Waals surface area contributed by atoms with Crippen LogP contribution in [0.25, 0.3) is 5.76 Å². The Morgan fingerprint density at radius 1 is 1.03 bits per heavy atom. The highest BCUT2D eigenvalue weighted by molar-refractivity contribution is 6.51. The first-order valence-corrected chi connectivity index (χ1v) is 12.2. The standard InChI is InChI=1S/C29H27F3N2O5/c1-5-38-22-14-9-17(16-20(22)28(2,3)4)25(35)23-24(21-8-6-7-15-33-21)34(27(37)26(23)36)18-10-12-19(13-11-18)39-29(30,31)32/h6-16,24,35H,5H2,1-4H3/b25-23-. The fraction of sp³-hybridized carbons (Fsp3) is 0.276. The summed E-state index contributed by atoms with van der Waals surface area (Å²) < 4.78 is 47.6. The van der Waals surface area contributed by atoms with Crippen LogP contribution in [0.4, 0.5) is 18.9 Å². The van der Waals surface area contributed by atoms with Crippen molar-refractivity contribution in [2.45, 2.75) is 45.5 Å². The molecular weight excluding hydrogens is 513 g/mol. The van der Waals surface area contributed by atoms with Gasteiger partial charge in [0.25, 0.3) is 11.7 Å². The van der Waals surface area contributed by atoms with Gasteiger partial charge in [0, 0.05) is 23.0 Å². The zero-order valence-electron chi connectivity index (χ0n) is 21.7. The van der Waals surface area contributed by atoms with E-state index in [9.17, 15) is 27.9 Å². The minimum atomic E-state index is -4.89. The van der Waals surface area contributed by atoms with E-state index < -0.39 is 35.6 Å². The summed E-state index contributed by atoms with van der Waals surface area (Å²) in [5.74, 6) is -2.17. The van der Waals surface area contributed by atoms with Gasteiger partial charge in [0.15, 0.2) is 0 Å². The first-order chi connectivity index (χ1) is 18.3. The number of alkyl halides is 3. The number of ketones is 1. The number of aromatic nitrogens is 1. The van der Waals surface area contributed by atoms with Crippen molar-refractivity contribution >= 4 is 23.1 Å². The number of aliphatic hydroxyl groups excluding tert-OH is 1. The van der Waals surface area contributed by atoms with Gasteiger partial charge in [-0.05, 0) is 66.9 Å². The summed E-state index contributed by atoms with van der Waals surface area (Å²) in [6.45, 7) is 8.23. The maximum Gasteiger partial charge on any atom is 0.573 e. The molecule has 1 amide bonds. The van der Waals surface area contributed by atoms with Gasteiger partial charge >= 0.3 is 6.36 Å². The van der Waals surface area contributed by atoms with Gasteiger partial charge in [-0.25, -0.2) is 0 Å². The molecule has 1 aliphatic rings. The van der Waals surface area contributed by atoms with Crippen LogP contribution in [-0.4, -0.2) is 34.8 Å². The summed E-state index contributed by atoms with van der Waals surface area (Å²) in [5, 5.41) is 11.5. The van der Waals surface area contributed by atoms with E-state index in [0.29, 0.717) is 17.9 Å². The van der Waals surface area contributed by atoms with Crippen molar-refractivity contribution in [3.05, 3.63) is 89.3 Å². The molecule has 4 rings (SSSR count). The minimum Gasteiger partial charge on any atom is -0.507 e. The molecule has 39 heavy (non-hydrogen) atoms. The Morgan fingerprint density at radius 2 is 1.72 bits per heavy atom. The number of Topliss-reactive ketones (excluding diaryl/α,β-unsaturated/α-hetero) is 1. The zero-order valence-corrected chi connectivity index (χ0v) is 21.7. The van der Waals surface area contributed by atoms with E-state index in [2.05, 4.69) is 9.72 Å². The molecule has 0 aliphatic carbocycles. The Labute approximate surface area is 223 Å².